The van der Waals surface area contributed by atoms with Crippen LogP contribution in [0.25, 0.3) is 22.0 Å². The van der Waals surface area contributed by atoms with Gasteiger partial charge >= 0.3 is 0 Å². The Morgan fingerprint density at radius 3 is 2.63 bits per heavy atom. The maximum Gasteiger partial charge on any atom is 0.139 e. The number of hydrogen-bond donors (Lipinski definition) is 0. The Kier molecular flexibility index (Phi) is 6.22. The molecule has 30 heavy (non-hydrogen) atoms. The zero-order chi connectivity index (χ0) is 21.1. The van der Waals surface area contributed by atoms with Crippen LogP contribution < -0.4 is 0 Å². The summed E-state index contributed by atoms with van der Waals surface area (Å²) in [5.41, 5.74) is 4.60. The highest BCUT2D eigenvalue weighted by Crippen LogP contribution is 2.32. The molecule has 0 atom stereocenters. The van der Waals surface area contributed by atoms with E-state index in [1.165, 1.54) is 5.56 Å². The average molecular weight is 483 g/mol. The molecule has 0 saturated heterocycles. The second-order valence-corrected chi connectivity index (χ2v) is 15.2. The third-order valence-electron chi connectivity index (χ3n) is 5.09. The summed E-state index contributed by atoms with van der Waals surface area (Å²) in [4.78, 5) is 4.45. The highest BCUT2D eigenvalue weighted by molar-refractivity contribution is 9.10. The molecule has 0 unspecified atom stereocenters. The second kappa shape index (κ2) is 8.87. The molecule has 4 aromatic rings. The maximum atomic E-state index is 5.85. The van der Waals surface area contributed by atoms with Crippen LogP contribution in [0.2, 0.25) is 25.7 Å². The maximum absolute atomic E-state index is 5.85. The lowest BCUT2D eigenvalue weighted by molar-refractivity contribution is 0.0786. The van der Waals surface area contributed by atoms with Crippen molar-refractivity contribution in [2.24, 2.45) is 0 Å². The zero-order valence-corrected chi connectivity index (χ0v) is 20.3. The van der Waals surface area contributed by atoms with Crippen LogP contribution >= 0.6 is 15.9 Å². The first kappa shape index (κ1) is 21.0. The van der Waals surface area contributed by atoms with Crippen molar-refractivity contribution in [2.45, 2.75) is 39.0 Å². The summed E-state index contributed by atoms with van der Waals surface area (Å²) in [6.07, 6.45) is 8.09. The number of hydrogen-bond acceptors (Lipinski definition) is 3. The SMILES string of the molecule is C[Si](C)(C)CCOCn1cc(-c2cn(Cc3ccccc3)c3cnc(Br)cc23)cn1. The Bertz CT molecular complexity index is 1130. The number of pyridine rings is 1. The number of rotatable bonds is 8. The van der Waals surface area contributed by atoms with Gasteiger partial charge in [0, 0.05) is 50.1 Å². The lowest BCUT2D eigenvalue weighted by Gasteiger charge is -2.15. The number of aromatic nitrogens is 4. The minimum Gasteiger partial charge on any atom is -0.360 e. The Hall–Kier alpha value is -2.22. The van der Waals surface area contributed by atoms with Gasteiger partial charge in [0.2, 0.25) is 0 Å². The molecule has 3 heterocycles. The first-order chi connectivity index (χ1) is 14.4. The van der Waals surface area contributed by atoms with Crippen LogP contribution in [0.3, 0.4) is 0 Å². The highest BCUT2D eigenvalue weighted by atomic mass is 79.9. The van der Waals surface area contributed by atoms with E-state index in [0.29, 0.717) is 6.73 Å². The van der Waals surface area contributed by atoms with E-state index < -0.39 is 8.07 Å². The third kappa shape index (κ3) is 5.09. The number of fused-ring (bicyclic) bond motifs is 1. The standard InChI is InChI=1S/C23H27BrN4OSi/c1-30(2,3)10-9-29-17-28-15-19(12-26-28)21-16-27(14-18-7-5-4-6-8-18)22-13-25-23(24)11-20(21)22/h4-8,11-13,15-16H,9-10,14,17H2,1-3H3. The topological polar surface area (TPSA) is 44.9 Å². The molecule has 4 rings (SSSR count). The van der Waals surface area contributed by atoms with Gasteiger partial charge in [0.1, 0.15) is 11.3 Å². The Balaban J connectivity index is 1.58. The molecule has 0 aliphatic heterocycles. The van der Waals surface area contributed by atoms with Gasteiger partial charge in [0.15, 0.2) is 0 Å². The van der Waals surface area contributed by atoms with Crippen molar-refractivity contribution in [1.82, 2.24) is 19.3 Å². The number of halogens is 1. The Labute approximate surface area is 186 Å². The van der Waals surface area contributed by atoms with Gasteiger partial charge in [-0.15, -0.1) is 0 Å². The van der Waals surface area contributed by atoms with Crippen molar-refractivity contribution >= 4 is 34.9 Å². The molecule has 5 nitrogen and oxygen atoms in total. The highest BCUT2D eigenvalue weighted by Gasteiger charge is 2.14. The van der Waals surface area contributed by atoms with Crippen LogP contribution in [-0.4, -0.2) is 34.0 Å². The van der Waals surface area contributed by atoms with E-state index in [-0.39, 0.29) is 0 Å². The molecule has 0 saturated carbocycles. The summed E-state index contributed by atoms with van der Waals surface area (Å²) in [6, 6.07) is 13.7. The van der Waals surface area contributed by atoms with Crippen molar-refractivity contribution in [3.63, 3.8) is 0 Å². The van der Waals surface area contributed by atoms with E-state index in [0.717, 1.165) is 45.8 Å². The summed E-state index contributed by atoms with van der Waals surface area (Å²) >= 11 is 3.52. The lowest BCUT2D eigenvalue weighted by Crippen LogP contribution is -2.22. The number of nitrogens with zero attached hydrogens (tertiary/aromatic N) is 4. The minimum atomic E-state index is -1.08. The van der Waals surface area contributed by atoms with Gasteiger partial charge in [0.25, 0.3) is 0 Å². The van der Waals surface area contributed by atoms with E-state index in [1.54, 1.807) is 0 Å². The summed E-state index contributed by atoms with van der Waals surface area (Å²) in [5, 5.41) is 5.67. The third-order valence-corrected chi connectivity index (χ3v) is 7.23. The quantitative estimate of drug-likeness (QED) is 0.175. The molecule has 156 valence electrons. The summed E-state index contributed by atoms with van der Waals surface area (Å²) in [6.45, 7) is 9.16. The van der Waals surface area contributed by atoms with E-state index >= 15 is 0 Å². The van der Waals surface area contributed by atoms with E-state index in [1.807, 2.05) is 23.1 Å². The van der Waals surface area contributed by atoms with Crippen LogP contribution in [0.4, 0.5) is 0 Å². The van der Waals surface area contributed by atoms with Crippen LogP contribution in [0, 0.1) is 0 Å². The van der Waals surface area contributed by atoms with Crippen molar-refractivity contribution in [2.75, 3.05) is 6.61 Å². The molecular weight excluding hydrogens is 456 g/mol. The van der Waals surface area contributed by atoms with Gasteiger partial charge in [-0.25, -0.2) is 9.67 Å². The number of benzene rings is 1. The van der Waals surface area contributed by atoms with E-state index in [2.05, 4.69) is 92.9 Å². The normalized spacial score (nSPS) is 12.0. The summed E-state index contributed by atoms with van der Waals surface area (Å²) < 4.78 is 10.8. The molecule has 0 aliphatic carbocycles. The van der Waals surface area contributed by atoms with Gasteiger partial charge in [-0.2, -0.15) is 5.10 Å². The van der Waals surface area contributed by atoms with Gasteiger partial charge in [-0.3, -0.25) is 0 Å². The fourth-order valence-corrected chi connectivity index (χ4v) is 4.50. The van der Waals surface area contributed by atoms with Crippen LogP contribution in [0.1, 0.15) is 5.56 Å². The fraction of sp³-hybridized carbons (Fsp3) is 0.304. The molecule has 7 heteroatoms. The molecule has 3 aromatic heterocycles. The van der Waals surface area contributed by atoms with E-state index in [4.69, 9.17) is 4.74 Å². The molecule has 0 spiro atoms. The van der Waals surface area contributed by atoms with Gasteiger partial charge < -0.3 is 9.30 Å². The second-order valence-electron chi connectivity index (χ2n) is 8.80. The largest absolute Gasteiger partial charge is 0.360 e. The Morgan fingerprint density at radius 1 is 1.07 bits per heavy atom. The lowest BCUT2D eigenvalue weighted by atomic mass is 10.1. The average Bonchev–Trinajstić information content (AvgIpc) is 3.30. The molecule has 1 aromatic carbocycles. The molecule has 0 fully saturated rings. The van der Waals surface area contributed by atoms with E-state index in [9.17, 15) is 0 Å². The predicted octanol–water partition coefficient (Wildman–Crippen LogP) is 6.02. The first-order valence-corrected chi connectivity index (χ1v) is 14.7. The van der Waals surface area contributed by atoms with Gasteiger partial charge in [0.05, 0.1) is 17.9 Å². The molecule has 0 radical (unpaired) electrons. The van der Waals surface area contributed by atoms with Crippen molar-refractivity contribution < 1.29 is 4.74 Å². The molecular formula is C23H27BrN4OSi. The van der Waals surface area contributed by atoms with Gasteiger partial charge in [-0.1, -0.05) is 50.0 Å². The van der Waals surface area contributed by atoms with Gasteiger partial charge in [-0.05, 0) is 33.6 Å². The summed E-state index contributed by atoms with van der Waals surface area (Å²) in [5.74, 6) is 0. The van der Waals surface area contributed by atoms with Crippen molar-refractivity contribution in [3.05, 3.63) is 71.4 Å². The van der Waals surface area contributed by atoms with Crippen molar-refractivity contribution in [3.8, 4) is 11.1 Å². The summed E-state index contributed by atoms with van der Waals surface area (Å²) in [7, 11) is -1.08. The molecule has 0 amide bonds. The zero-order valence-electron chi connectivity index (χ0n) is 17.7. The van der Waals surface area contributed by atoms with Crippen LogP contribution in [0.5, 0.6) is 0 Å². The number of ether oxygens (including phenoxy) is 1. The first-order valence-electron chi connectivity index (χ1n) is 10.2. The Morgan fingerprint density at radius 2 is 1.87 bits per heavy atom. The smallest absolute Gasteiger partial charge is 0.139 e. The minimum absolute atomic E-state index is 0.485. The molecule has 0 aliphatic rings. The fourth-order valence-electron chi connectivity index (χ4n) is 3.41. The van der Waals surface area contributed by atoms with Crippen LogP contribution in [-0.2, 0) is 18.0 Å². The monoisotopic (exact) mass is 482 g/mol. The predicted molar refractivity (Wildman–Crippen MR) is 128 cm³/mol. The van der Waals surface area contributed by atoms with Crippen molar-refractivity contribution in [1.29, 1.82) is 0 Å². The van der Waals surface area contributed by atoms with Crippen LogP contribution in [0.15, 0.2) is 65.8 Å². The molecule has 0 bridgehead atoms. The molecule has 0 N–H and O–H groups in total.